The Morgan fingerprint density at radius 2 is 1.84 bits per heavy atom. The highest BCUT2D eigenvalue weighted by Crippen LogP contribution is 2.27. The summed E-state index contributed by atoms with van der Waals surface area (Å²) >= 11 is 0. The molecular formula is C16H17F4N3O2. The highest BCUT2D eigenvalue weighted by Gasteiger charge is 2.38. The third kappa shape index (κ3) is 5.54. The van der Waals surface area contributed by atoms with E-state index in [1.165, 1.54) is 24.3 Å². The normalized spacial score (nSPS) is 13.0. The Labute approximate surface area is 141 Å². The van der Waals surface area contributed by atoms with E-state index in [1.54, 1.807) is 0 Å². The summed E-state index contributed by atoms with van der Waals surface area (Å²) in [6.45, 7) is 0. The number of rotatable bonds is 8. The van der Waals surface area contributed by atoms with Crippen LogP contribution in [0.15, 0.2) is 28.8 Å². The predicted octanol–water partition coefficient (Wildman–Crippen LogP) is 3.60. The smallest absolute Gasteiger partial charge is 0.369 e. The van der Waals surface area contributed by atoms with E-state index in [4.69, 9.17) is 5.73 Å². The van der Waals surface area contributed by atoms with Crippen molar-refractivity contribution < 1.29 is 26.9 Å². The molecule has 1 aromatic heterocycles. The van der Waals surface area contributed by atoms with E-state index in [0.717, 1.165) is 0 Å². The molecule has 0 saturated carbocycles. The SMILES string of the molecule is NC(=O)C(CCCCCc1noc(C(F)(F)F)n1)c1ccc(F)cc1. The molecule has 2 N–H and O–H groups in total. The van der Waals surface area contributed by atoms with Crippen LogP contribution in [0.4, 0.5) is 17.6 Å². The molecule has 0 aliphatic heterocycles. The third-order valence-electron chi connectivity index (χ3n) is 3.72. The van der Waals surface area contributed by atoms with Crippen molar-refractivity contribution in [3.63, 3.8) is 0 Å². The van der Waals surface area contributed by atoms with Crippen LogP contribution in [0.25, 0.3) is 0 Å². The summed E-state index contributed by atoms with van der Waals surface area (Å²) in [6.07, 6.45) is -2.09. The van der Waals surface area contributed by atoms with Gasteiger partial charge in [-0.2, -0.15) is 18.2 Å². The Hall–Kier alpha value is -2.45. The maximum Gasteiger partial charge on any atom is 0.471 e. The van der Waals surface area contributed by atoms with Crippen LogP contribution in [-0.2, 0) is 17.4 Å². The second-order valence-corrected chi connectivity index (χ2v) is 5.62. The van der Waals surface area contributed by atoms with Crippen molar-refractivity contribution in [2.75, 3.05) is 0 Å². The average Bonchev–Trinajstić information content (AvgIpc) is 3.01. The van der Waals surface area contributed by atoms with Crippen LogP contribution >= 0.6 is 0 Å². The van der Waals surface area contributed by atoms with Crippen molar-refractivity contribution in [2.24, 2.45) is 5.73 Å². The number of amides is 1. The second kappa shape index (κ2) is 8.09. The fourth-order valence-electron chi connectivity index (χ4n) is 2.45. The number of benzene rings is 1. The molecule has 0 saturated heterocycles. The lowest BCUT2D eigenvalue weighted by Crippen LogP contribution is -2.21. The maximum atomic E-state index is 12.9. The molecule has 1 atom stereocenters. The number of primary amides is 1. The molecule has 1 amide bonds. The van der Waals surface area contributed by atoms with Crippen LogP contribution in [0, 0.1) is 5.82 Å². The van der Waals surface area contributed by atoms with E-state index in [9.17, 15) is 22.4 Å². The number of aryl methyl sites for hydroxylation is 1. The molecule has 0 aliphatic carbocycles. The topological polar surface area (TPSA) is 82.0 Å². The van der Waals surface area contributed by atoms with E-state index in [1.807, 2.05) is 0 Å². The number of alkyl halides is 3. The zero-order valence-electron chi connectivity index (χ0n) is 13.2. The minimum absolute atomic E-state index is 0.00249. The lowest BCUT2D eigenvalue weighted by Gasteiger charge is -2.13. The van der Waals surface area contributed by atoms with E-state index in [2.05, 4.69) is 14.7 Å². The van der Waals surface area contributed by atoms with Crippen molar-refractivity contribution in [2.45, 2.75) is 44.2 Å². The standard InChI is InChI=1S/C16H17F4N3O2/c17-11-8-6-10(7-9-11)12(14(21)24)4-2-1-3-5-13-22-15(25-23-13)16(18,19)20/h6-9,12H,1-5H2,(H2,21,24). The van der Waals surface area contributed by atoms with Gasteiger partial charge in [0.05, 0.1) is 5.92 Å². The lowest BCUT2D eigenvalue weighted by atomic mass is 9.92. The summed E-state index contributed by atoms with van der Waals surface area (Å²) < 4.78 is 54.1. The van der Waals surface area contributed by atoms with Crippen LogP contribution in [-0.4, -0.2) is 16.0 Å². The van der Waals surface area contributed by atoms with Gasteiger partial charge < -0.3 is 10.3 Å². The minimum atomic E-state index is -4.64. The van der Waals surface area contributed by atoms with Crippen molar-refractivity contribution in [3.8, 4) is 0 Å². The second-order valence-electron chi connectivity index (χ2n) is 5.62. The van der Waals surface area contributed by atoms with Gasteiger partial charge in [0.25, 0.3) is 0 Å². The van der Waals surface area contributed by atoms with E-state index in [0.29, 0.717) is 31.2 Å². The molecule has 0 fully saturated rings. The van der Waals surface area contributed by atoms with Gasteiger partial charge in [0.1, 0.15) is 5.82 Å². The van der Waals surface area contributed by atoms with Crippen molar-refractivity contribution in [1.29, 1.82) is 0 Å². The molecule has 0 aliphatic rings. The zero-order valence-corrected chi connectivity index (χ0v) is 13.2. The highest BCUT2D eigenvalue weighted by atomic mass is 19.4. The van der Waals surface area contributed by atoms with E-state index < -0.39 is 29.7 Å². The first-order chi connectivity index (χ1) is 11.8. The monoisotopic (exact) mass is 359 g/mol. The number of nitrogens with two attached hydrogens (primary N) is 1. The summed E-state index contributed by atoms with van der Waals surface area (Å²) in [5.41, 5.74) is 6.03. The van der Waals surface area contributed by atoms with Crippen LogP contribution < -0.4 is 5.73 Å². The first kappa shape index (κ1) is 18.9. The summed E-state index contributed by atoms with van der Waals surface area (Å²) in [5, 5.41) is 3.28. The molecule has 5 nitrogen and oxygen atoms in total. The van der Waals surface area contributed by atoms with Gasteiger partial charge in [0.2, 0.25) is 5.91 Å². The molecule has 9 heteroatoms. The first-order valence-electron chi connectivity index (χ1n) is 7.72. The minimum Gasteiger partial charge on any atom is -0.369 e. The van der Waals surface area contributed by atoms with Crippen LogP contribution in [0.2, 0.25) is 0 Å². The number of aromatic nitrogens is 2. The van der Waals surface area contributed by atoms with E-state index >= 15 is 0 Å². The first-order valence-corrected chi connectivity index (χ1v) is 7.72. The molecule has 1 unspecified atom stereocenters. The number of hydrogen-bond donors (Lipinski definition) is 1. The van der Waals surface area contributed by atoms with Gasteiger partial charge in [0.15, 0.2) is 5.82 Å². The average molecular weight is 359 g/mol. The molecule has 2 aromatic rings. The Kier molecular flexibility index (Phi) is 6.11. The van der Waals surface area contributed by atoms with E-state index in [-0.39, 0.29) is 12.2 Å². The Morgan fingerprint density at radius 3 is 2.40 bits per heavy atom. The van der Waals surface area contributed by atoms with Crippen molar-refractivity contribution >= 4 is 5.91 Å². The molecule has 0 radical (unpaired) electrons. The van der Waals surface area contributed by atoms with Crippen molar-refractivity contribution in [1.82, 2.24) is 10.1 Å². The number of nitrogens with zero attached hydrogens (tertiary/aromatic N) is 2. The molecule has 0 spiro atoms. The molecule has 2 rings (SSSR count). The largest absolute Gasteiger partial charge is 0.471 e. The Morgan fingerprint density at radius 1 is 1.16 bits per heavy atom. The lowest BCUT2D eigenvalue weighted by molar-refractivity contribution is -0.159. The van der Waals surface area contributed by atoms with Crippen molar-refractivity contribution in [3.05, 3.63) is 47.4 Å². The Balaban J connectivity index is 1.78. The predicted molar refractivity (Wildman–Crippen MR) is 79.8 cm³/mol. The van der Waals surface area contributed by atoms with Gasteiger partial charge in [-0.3, -0.25) is 4.79 Å². The van der Waals surface area contributed by atoms with Gasteiger partial charge in [-0.1, -0.05) is 30.1 Å². The summed E-state index contributed by atoms with van der Waals surface area (Å²) in [4.78, 5) is 14.8. The molecule has 25 heavy (non-hydrogen) atoms. The number of carbonyl (C=O) groups is 1. The molecule has 1 aromatic carbocycles. The quantitative estimate of drug-likeness (QED) is 0.577. The molecule has 136 valence electrons. The van der Waals surface area contributed by atoms with Gasteiger partial charge in [0, 0.05) is 6.42 Å². The fourth-order valence-corrected chi connectivity index (χ4v) is 2.45. The van der Waals surface area contributed by atoms with Gasteiger partial charge in [-0.05, 0) is 30.5 Å². The van der Waals surface area contributed by atoms with Gasteiger partial charge in [-0.25, -0.2) is 4.39 Å². The number of unbranched alkanes of at least 4 members (excludes halogenated alkanes) is 2. The summed E-state index contributed by atoms with van der Waals surface area (Å²) in [5.74, 6) is -2.78. The maximum absolute atomic E-state index is 12.9. The molecule has 1 heterocycles. The van der Waals surface area contributed by atoms with Gasteiger partial charge >= 0.3 is 12.1 Å². The summed E-state index contributed by atoms with van der Waals surface area (Å²) in [7, 11) is 0. The number of halogens is 4. The fraction of sp³-hybridized carbons (Fsp3) is 0.438. The van der Waals surface area contributed by atoms with Crippen LogP contribution in [0.1, 0.15) is 48.9 Å². The zero-order chi connectivity index (χ0) is 18.4. The molecule has 0 bridgehead atoms. The molecular weight excluding hydrogens is 342 g/mol. The summed E-state index contributed by atoms with van der Waals surface area (Å²) in [6, 6.07) is 5.56. The van der Waals surface area contributed by atoms with Crippen LogP contribution in [0.5, 0.6) is 0 Å². The third-order valence-corrected chi connectivity index (χ3v) is 3.72. The number of hydrogen-bond acceptors (Lipinski definition) is 4. The number of carbonyl (C=O) groups excluding carboxylic acids is 1. The van der Waals surface area contributed by atoms with Gasteiger partial charge in [-0.15, -0.1) is 0 Å². The van der Waals surface area contributed by atoms with Crippen LogP contribution in [0.3, 0.4) is 0 Å². The highest BCUT2D eigenvalue weighted by molar-refractivity contribution is 5.81. The Bertz CT molecular complexity index is 698.